The van der Waals surface area contributed by atoms with Crippen LogP contribution in [0, 0.1) is 19.7 Å². The Bertz CT molecular complexity index is 1310. The molecular formula is C24H18FN3O3. The van der Waals surface area contributed by atoms with Gasteiger partial charge in [0.05, 0.1) is 11.3 Å². The van der Waals surface area contributed by atoms with Crippen LogP contribution in [0.25, 0.3) is 10.8 Å². The SMILES string of the molecule is Cc1cc(/N=N/c2cc3cnccc3cc2C(=O)Oc2ccccc2F)cc(C)c1O. The van der Waals surface area contributed by atoms with Crippen molar-refractivity contribution in [3.8, 4) is 11.5 Å². The molecule has 1 N–H and O–H groups in total. The van der Waals surface area contributed by atoms with E-state index >= 15 is 0 Å². The Morgan fingerprint density at radius 3 is 2.48 bits per heavy atom. The van der Waals surface area contributed by atoms with Crippen molar-refractivity contribution in [3.05, 3.63) is 89.5 Å². The molecule has 0 unspecified atom stereocenters. The molecule has 0 spiro atoms. The Labute approximate surface area is 177 Å². The standard InChI is InChI=1S/C24H18FN3O3/c1-14-9-18(10-15(2)23(14)29)27-28-21-12-17-13-26-8-7-16(17)11-19(21)24(30)31-22-6-4-3-5-20(22)25/h3-13,29H,1-2H3/b28-27+. The molecule has 4 aromatic rings. The van der Waals surface area contributed by atoms with Gasteiger partial charge in [0.15, 0.2) is 11.6 Å². The van der Waals surface area contributed by atoms with Crippen molar-refractivity contribution in [1.82, 2.24) is 4.98 Å². The highest BCUT2D eigenvalue weighted by Gasteiger charge is 2.17. The number of hydrogen-bond donors (Lipinski definition) is 1. The number of aromatic hydroxyl groups is 1. The Morgan fingerprint density at radius 2 is 1.74 bits per heavy atom. The molecule has 0 aliphatic rings. The maximum Gasteiger partial charge on any atom is 0.345 e. The molecule has 0 fully saturated rings. The van der Waals surface area contributed by atoms with E-state index in [9.17, 15) is 14.3 Å². The van der Waals surface area contributed by atoms with Gasteiger partial charge in [-0.1, -0.05) is 12.1 Å². The number of aryl methyl sites for hydroxylation is 2. The van der Waals surface area contributed by atoms with E-state index in [0.29, 0.717) is 16.8 Å². The third-order valence-corrected chi connectivity index (χ3v) is 4.76. The van der Waals surface area contributed by atoms with Gasteiger partial charge in [0.1, 0.15) is 11.4 Å². The molecule has 0 saturated heterocycles. The van der Waals surface area contributed by atoms with E-state index in [2.05, 4.69) is 15.2 Å². The third kappa shape index (κ3) is 4.25. The number of nitrogens with zero attached hydrogens (tertiary/aromatic N) is 3. The maximum absolute atomic E-state index is 13.9. The summed E-state index contributed by atoms with van der Waals surface area (Å²) in [5, 5.41) is 19.9. The summed E-state index contributed by atoms with van der Waals surface area (Å²) < 4.78 is 19.2. The number of benzene rings is 3. The van der Waals surface area contributed by atoms with Crippen molar-refractivity contribution in [1.29, 1.82) is 0 Å². The van der Waals surface area contributed by atoms with Crippen LogP contribution in [0.2, 0.25) is 0 Å². The third-order valence-electron chi connectivity index (χ3n) is 4.76. The lowest BCUT2D eigenvalue weighted by molar-refractivity contribution is 0.0729. The minimum Gasteiger partial charge on any atom is -0.507 e. The molecule has 0 bridgehead atoms. The van der Waals surface area contributed by atoms with Gasteiger partial charge in [-0.15, -0.1) is 5.11 Å². The maximum atomic E-state index is 13.9. The summed E-state index contributed by atoms with van der Waals surface area (Å²) in [6, 6.07) is 14.1. The number of pyridine rings is 1. The van der Waals surface area contributed by atoms with Crippen molar-refractivity contribution in [2.75, 3.05) is 0 Å². The van der Waals surface area contributed by atoms with Crippen LogP contribution in [-0.4, -0.2) is 16.1 Å². The highest BCUT2D eigenvalue weighted by atomic mass is 19.1. The number of carbonyl (C=O) groups excluding carboxylic acids is 1. The number of phenolic OH excluding ortho intramolecular Hbond substituents is 1. The van der Waals surface area contributed by atoms with E-state index in [1.807, 2.05) is 0 Å². The molecule has 0 atom stereocenters. The normalized spacial score (nSPS) is 11.2. The van der Waals surface area contributed by atoms with Crippen LogP contribution >= 0.6 is 0 Å². The summed E-state index contributed by atoms with van der Waals surface area (Å²) in [5.74, 6) is -1.37. The summed E-state index contributed by atoms with van der Waals surface area (Å²) in [7, 11) is 0. The molecule has 3 aromatic carbocycles. The molecule has 0 aliphatic heterocycles. The van der Waals surface area contributed by atoms with E-state index in [0.717, 1.165) is 10.8 Å². The van der Waals surface area contributed by atoms with E-state index in [1.165, 1.54) is 18.2 Å². The van der Waals surface area contributed by atoms with Crippen molar-refractivity contribution in [2.45, 2.75) is 13.8 Å². The van der Waals surface area contributed by atoms with Gasteiger partial charge >= 0.3 is 5.97 Å². The molecule has 4 rings (SSSR count). The molecule has 6 nitrogen and oxygen atoms in total. The zero-order valence-electron chi connectivity index (χ0n) is 16.8. The zero-order valence-corrected chi connectivity index (χ0v) is 16.8. The van der Waals surface area contributed by atoms with Crippen LogP contribution in [0.15, 0.2) is 77.2 Å². The van der Waals surface area contributed by atoms with Gasteiger partial charge in [-0.05, 0) is 72.8 Å². The van der Waals surface area contributed by atoms with Crippen LogP contribution in [0.3, 0.4) is 0 Å². The second kappa shape index (κ2) is 8.31. The largest absolute Gasteiger partial charge is 0.507 e. The topological polar surface area (TPSA) is 84.1 Å². The van der Waals surface area contributed by atoms with Crippen LogP contribution in [0.1, 0.15) is 21.5 Å². The lowest BCUT2D eigenvalue weighted by Gasteiger charge is -2.09. The number of rotatable bonds is 4. The first-order chi connectivity index (χ1) is 14.9. The number of para-hydroxylation sites is 1. The van der Waals surface area contributed by atoms with Gasteiger partial charge in [-0.25, -0.2) is 9.18 Å². The Hall–Kier alpha value is -4.13. The second-order valence-corrected chi connectivity index (χ2v) is 7.04. The van der Waals surface area contributed by atoms with Gasteiger partial charge in [0, 0.05) is 17.8 Å². The van der Waals surface area contributed by atoms with Gasteiger partial charge in [-0.2, -0.15) is 5.11 Å². The van der Waals surface area contributed by atoms with Gasteiger partial charge in [0.25, 0.3) is 0 Å². The van der Waals surface area contributed by atoms with Crippen molar-refractivity contribution in [2.24, 2.45) is 10.2 Å². The predicted molar refractivity (Wildman–Crippen MR) is 115 cm³/mol. The van der Waals surface area contributed by atoms with E-state index in [-0.39, 0.29) is 22.7 Å². The van der Waals surface area contributed by atoms with Gasteiger partial charge in [-0.3, -0.25) is 4.98 Å². The molecule has 0 radical (unpaired) electrons. The quantitative estimate of drug-likeness (QED) is 0.240. The predicted octanol–water partition coefficient (Wildman–Crippen LogP) is 6.33. The van der Waals surface area contributed by atoms with E-state index < -0.39 is 11.8 Å². The number of halogens is 1. The number of phenols is 1. The Morgan fingerprint density at radius 1 is 1.00 bits per heavy atom. The summed E-state index contributed by atoms with van der Waals surface area (Å²) in [6.45, 7) is 3.53. The number of azo groups is 1. The first kappa shape index (κ1) is 20.2. The van der Waals surface area contributed by atoms with Crippen LogP contribution in [0.5, 0.6) is 11.5 Å². The number of carbonyl (C=O) groups is 1. The van der Waals surface area contributed by atoms with Gasteiger partial charge < -0.3 is 9.84 Å². The van der Waals surface area contributed by atoms with Crippen molar-refractivity contribution >= 4 is 28.1 Å². The molecule has 31 heavy (non-hydrogen) atoms. The van der Waals surface area contributed by atoms with Crippen molar-refractivity contribution in [3.63, 3.8) is 0 Å². The minimum absolute atomic E-state index is 0.137. The number of hydrogen-bond acceptors (Lipinski definition) is 6. The van der Waals surface area contributed by atoms with Gasteiger partial charge in [0.2, 0.25) is 0 Å². The molecule has 0 aliphatic carbocycles. The smallest absolute Gasteiger partial charge is 0.345 e. The van der Waals surface area contributed by atoms with E-state index in [4.69, 9.17) is 4.74 Å². The minimum atomic E-state index is -0.754. The Kier molecular flexibility index (Phi) is 5.41. The zero-order chi connectivity index (χ0) is 22.0. The first-order valence-electron chi connectivity index (χ1n) is 9.49. The molecule has 1 heterocycles. The van der Waals surface area contributed by atoms with Crippen molar-refractivity contribution < 1.29 is 19.0 Å². The first-order valence-corrected chi connectivity index (χ1v) is 9.49. The van der Waals surface area contributed by atoms with Crippen LogP contribution < -0.4 is 4.74 Å². The molecule has 0 saturated carbocycles. The lowest BCUT2D eigenvalue weighted by Crippen LogP contribution is -2.10. The van der Waals surface area contributed by atoms with E-state index in [1.54, 1.807) is 62.6 Å². The summed E-state index contributed by atoms with van der Waals surface area (Å²) >= 11 is 0. The molecule has 1 aromatic heterocycles. The summed E-state index contributed by atoms with van der Waals surface area (Å²) in [5.41, 5.74) is 2.24. The fourth-order valence-electron chi connectivity index (χ4n) is 3.15. The molecule has 7 heteroatoms. The fourth-order valence-corrected chi connectivity index (χ4v) is 3.15. The fraction of sp³-hybridized carbons (Fsp3) is 0.0833. The summed E-state index contributed by atoms with van der Waals surface area (Å²) in [4.78, 5) is 16.9. The summed E-state index contributed by atoms with van der Waals surface area (Å²) in [6.07, 6.45) is 3.26. The average Bonchev–Trinajstić information content (AvgIpc) is 2.76. The van der Waals surface area contributed by atoms with Crippen LogP contribution in [0.4, 0.5) is 15.8 Å². The monoisotopic (exact) mass is 415 g/mol. The number of esters is 1. The van der Waals surface area contributed by atoms with Crippen LogP contribution in [-0.2, 0) is 0 Å². The number of ether oxygens (including phenoxy) is 1. The number of aromatic nitrogens is 1. The second-order valence-electron chi connectivity index (χ2n) is 7.04. The highest BCUT2D eigenvalue weighted by molar-refractivity contribution is 6.01. The molecule has 0 amide bonds. The highest BCUT2D eigenvalue weighted by Crippen LogP contribution is 2.31. The lowest BCUT2D eigenvalue weighted by atomic mass is 10.1. The molecular weight excluding hydrogens is 397 g/mol. The molecule has 154 valence electrons. The number of fused-ring (bicyclic) bond motifs is 1. The average molecular weight is 415 g/mol. The Balaban J connectivity index is 1.76.